The van der Waals surface area contributed by atoms with Crippen molar-refractivity contribution in [3.05, 3.63) is 95.2 Å². The number of carbonyl (C=O) groups excluding carboxylic acids is 2. The molecule has 2 aliphatic heterocycles. The third kappa shape index (κ3) is 8.83. The molecule has 5 atom stereocenters. The summed E-state index contributed by atoms with van der Waals surface area (Å²) in [6.45, 7) is 19.4. The van der Waals surface area contributed by atoms with Gasteiger partial charge in [0.15, 0.2) is 0 Å². The zero-order valence-corrected chi connectivity index (χ0v) is 37.3. The van der Waals surface area contributed by atoms with Crippen molar-refractivity contribution >= 4 is 58.8 Å². The molecule has 1 saturated heterocycles. The van der Waals surface area contributed by atoms with Crippen molar-refractivity contribution in [2.45, 2.75) is 126 Å². The average molecular weight is 785 g/mol. The average Bonchev–Trinajstić information content (AvgIpc) is 3.91. The summed E-state index contributed by atoms with van der Waals surface area (Å²) < 4.78 is 11.0. The monoisotopic (exact) mass is 784 g/mol. The molecule has 0 amide bonds. The summed E-state index contributed by atoms with van der Waals surface area (Å²) in [6.07, 6.45) is 15.0. The van der Waals surface area contributed by atoms with Gasteiger partial charge in [-0.2, -0.15) is 11.4 Å². The van der Waals surface area contributed by atoms with Crippen LogP contribution >= 0.6 is 0 Å². The van der Waals surface area contributed by atoms with Crippen LogP contribution < -0.4 is 25.7 Å². The van der Waals surface area contributed by atoms with Crippen LogP contribution in [0.15, 0.2) is 23.0 Å². The Labute approximate surface area is 355 Å². The fourth-order valence-corrected chi connectivity index (χ4v) is 9.15. The first-order chi connectivity index (χ1) is 26.8. The SMILES string of the molecule is CCC[C@H](C)CCC/C(C)=C/COC(=O)CC[C@@H]1/C2=C3/c4[n-]c(c(C)c4[C@@H](O)[C@@H]3C(=O)OC)/C=c3\[n-]/c(c(C)c3CC)=C\c3[n-]c(c(C)c3CC)/C=C(\[N-]2)[C@H]1C.[Mg+2]. The first kappa shape index (κ1) is 44.4. The van der Waals surface area contributed by atoms with Gasteiger partial charge in [-0.1, -0.05) is 111 Å². The van der Waals surface area contributed by atoms with Crippen LogP contribution in [-0.4, -0.2) is 53.8 Å². The Morgan fingerprint density at radius 2 is 1.60 bits per heavy atom. The second-order valence-electron chi connectivity index (χ2n) is 16.2. The van der Waals surface area contributed by atoms with Gasteiger partial charge in [-0.15, -0.1) is 33.5 Å². The van der Waals surface area contributed by atoms with Crippen LogP contribution in [0.5, 0.6) is 0 Å². The number of aliphatic hydroxyl groups is 1. The van der Waals surface area contributed by atoms with Crippen molar-refractivity contribution < 1.29 is 24.2 Å². The molecule has 0 saturated carbocycles. The Hall–Kier alpha value is -3.73. The van der Waals surface area contributed by atoms with Gasteiger partial charge >= 0.3 is 35.0 Å². The minimum Gasteiger partial charge on any atom is -0.664 e. The summed E-state index contributed by atoms with van der Waals surface area (Å²) in [4.78, 5) is 42.2. The minimum atomic E-state index is -1.17. The number of methoxy groups -OCH3 is 1. The number of carbonyl (C=O) groups is 2. The number of aromatic nitrogens is 3. The predicted molar refractivity (Wildman–Crippen MR) is 228 cm³/mol. The molecule has 0 aromatic carbocycles. The maximum absolute atomic E-state index is 13.6. The van der Waals surface area contributed by atoms with E-state index in [-0.39, 0.29) is 53.9 Å². The van der Waals surface area contributed by atoms with E-state index in [0.29, 0.717) is 34.6 Å². The normalized spacial score (nSPS) is 23.7. The maximum Gasteiger partial charge on any atom is 2.00 e. The third-order valence-electron chi connectivity index (χ3n) is 12.6. The summed E-state index contributed by atoms with van der Waals surface area (Å²) in [7, 11) is 1.34. The van der Waals surface area contributed by atoms with Gasteiger partial charge in [-0.25, -0.2) is 0 Å². The number of esters is 2. The van der Waals surface area contributed by atoms with Crippen molar-refractivity contribution in [3.63, 3.8) is 0 Å². The molecule has 1 fully saturated rings. The van der Waals surface area contributed by atoms with Gasteiger partial charge in [0.05, 0.1) is 13.2 Å². The van der Waals surface area contributed by atoms with Gasteiger partial charge in [-0.3, -0.25) is 9.59 Å². The van der Waals surface area contributed by atoms with E-state index in [1.54, 1.807) is 0 Å². The number of allylic oxidation sites excluding steroid dienone is 3. The Balaban J connectivity index is 0.00000620. The van der Waals surface area contributed by atoms with Crippen LogP contribution in [-0.2, 0) is 31.9 Å². The van der Waals surface area contributed by atoms with E-state index in [0.717, 1.165) is 87.2 Å². The number of hydrogen-bond donors (Lipinski definition) is 1. The van der Waals surface area contributed by atoms with Gasteiger partial charge in [0.1, 0.15) is 12.5 Å². The summed E-state index contributed by atoms with van der Waals surface area (Å²) >= 11 is 0. The largest absolute Gasteiger partial charge is 2.00 e. The van der Waals surface area contributed by atoms with Crippen LogP contribution in [0.3, 0.4) is 0 Å². The first-order valence-corrected chi connectivity index (χ1v) is 20.8. The van der Waals surface area contributed by atoms with Crippen molar-refractivity contribution in [1.29, 1.82) is 0 Å². The number of aliphatic hydroxyl groups excluding tert-OH is 1. The molecule has 9 nitrogen and oxygen atoms in total. The summed E-state index contributed by atoms with van der Waals surface area (Å²) in [6, 6.07) is 0. The van der Waals surface area contributed by atoms with Crippen molar-refractivity contribution in [3.8, 4) is 0 Å². The zero-order chi connectivity index (χ0) is 40.4. The molecule has 5 heterocycles. The molecule has 3 aliphatic rings. The Bertz CT molecular complexity index is 2200. The molecule has 3 aromatic heterocycles. The minimum absolute atomic E-state index is 0. The van der Waals surface area contributed by atoms with E-state index in [4.69, 9.17) is 29.7 Å². The molecule has 0 spiro atoms. The Morgan fingerprint density at radius 3 is 2.28 bits per heavy atom. The Morgan fingerprint density at radius 1 is 0.895 bits per heavy atom. The smallest absolute Gasteiger partial charge is 0.664 e. The van der Waals surface area contributed by atoms with Crippen molar-refractivity contribution in [2.24, 2.45) is 23.7 Å². The van der Waals surface area contributed by atoms with Crippen LogP contribution in [0, 0.1) is 44.4 Å². The van der Waals surface area contributed by atoms with Crippen LogP contribution in [0.2, 0.25) is 0 Å². The van der Waals surface area contributed by atoms with Gasteiger partial charge in [0.25, 0.3) is 0 Å². The molecule has 1 N–H and O–H groups in total. The first-order valence-electron chi connectivity index (χ1n) is 20.8. The number of fused-ring (bicyclic) bond motifs is 7. The standard InChI is InChI=1S/C47H60N4O5.Mg/c1-11-15-25(4)16-14-17-26(5)20-21-56-40(52)19-18-33-29(8)36-22-34-27(6)31(12-2)38(48-34)23-35-28(7)32(13-3)39(49-35)24-37-30(9)41-45(51-37)42(44(33)50-36)43(46(41)53)47(54)55-10;/h20,22-25,29,33,43,46,53H,11-19,21H2,1-10H3;/q-4;+2/b26-20+,35-23-,36-22-,39-24-,44-42-;/t25-,29-,33-,43+,46+;/m0./s1. The molecule has 302 valence electrons. The van der Waals surface area contributed by atoms with Crippen LogP contribution in [0.1, 0.15) is 149 Å². The van der Waals surface area contributed by atoms with E-state index in [1.807, 2.05) is 25.2 Å². The third-order valence-corrected chi connectivity index (χ3v) is 12.6. The molecule has 0 unspecified atom stereocenters. The second kappa shape index (κ2) is 18.9. The molecule has 3 aromatic rings. The molecular weight excluding hydrogens is 725 g/mol. The fourth-order valence-electron chi connectivity index (χ4n) is 9.15. The van der Waals surface area contributed by atoms with Crippen molar-refractivity contribution in [2.75, 3.05) is 13.7 Å². The Kier molecular flexibility index (Phi) is 14.7. The molecule has 0 radical (unpaired) electrons. The zero-order valence-electron chi connectivity index (χ0n) is 35.8. The van der Waals surface area contributed by atoms with Gasteiger partial charge in [0, 0.05) is 6.42 Å². The quantitative estimate of drug-likeness (QED) is 0.103. The topological polar surface area (TPSA) is 129 Å². The summed E-state index contributed by atoms with van der Waals surface area (Å²) in [5, 5.41) is 18.9. The van der Waals surface area contributed by atoms with Gasteiger partial charge in [-0.05, 0) is 89.2 Å². The number of ether oxygens (including phenoxy) is 2. The molecule has 1 aliphatic carbocycles. The molecule has 10 heteroatoms. The fraction of sp³-hybridized carbons (Fsp3) is 0.532. The maximum atomic E-state index is 13.6. The van der Waals surface area contributed by atoms with Crippen LogP contribution in [0.25, 0.3) is 29.1 Å². The van der Waals surface area contributed by atoms with E-state index in [1.165, 1.54) is 31.9 Å². The number of rotatable bonds is 14. The molecule has 57 heavy (non-hydrogen) atoms. The van der Waals surface area contributed by atoms with Crippen molar-refractivity contribution in [1.82, 2.24) is 15.0 Å². The van der Waals surface area contributed by atoms with E-state index in [9.17, 15) is 14.7 Å². The van der Waals surface area contributed by atoms with Gasteiger partial charge in [0.2, 0.25) is 0 Å². The molecule has 6 rings (SSSR count). The molecular formula is C47H60MgN4O5-2. The van der Waals surface area contributed by atoms with E-state index in [2.05, 4.69) is 61.5 Å². The van der Waals surface area contributed by atoms with E-state index >= 15 is 0 Å². The predicted octanol–water partition coefficient (Wildman–Crippen LogP) is 7.30. The summed E-state index contributed by atoms with van der Waals surface area (Å²) in [5.74, 6) is -1.48. The van der Waals surface area contributed by atoms with Gasteiger partial charge < -0.3 is 34.8 Å². The van der Waals surface area contributed by atoms with E-state index < -0.39 is 18.0 Å². The second-order valence-corrected chi connectivity index (χ2v) is 16.2. The number of hydrogen-bond acceptors (Lipinski definition) is 5. The molecule has 8 bridgehead atoms. The summed E-state index contributed by atoms with van der Waals surface area (Å²) in [5.41, 5.74) is 12.1. The number of nitrogens with zero attached hydrogens (tertiary/aromatic N) is 4. The van der Waals surface area contributed by atoms with Crippen LogP contribution in [0.4, 0.5) is 0 Å².